The zero-order valence-electron chi connectivity index (χ0n) is 11.7. The van der Waals surface area contributed by atoms with Crippen molar-refractivity contribution in [1.82, 2.24) is 4.90 Å². The van der Waals surface area contributed by atoms with Gasteiger partial charge in [0.1, 0.15) is 17.1 Å². The van der Waals surface area contributed by atoms with E-state index in [0.29, 0.717) is 18.1 Å². The van der Waals surface area contributed by atoms with E-state index in [1.54, 1.807) is 18.9 Å². The molecule has 1 N–H and O–H groups in total. The molecular weight excluding hydrogens is 278 g/mol. The summed E-state index contributed by atoms with van der Waals surface area (Å²) in [5.74, 6) is 2.17. The number of hydrogen-bond donors (Lipinski definition) is 1. The van der Waals surface area contributed by atoms with Crippen LogP contribution >= 0.6 is 11.8 Å². The van der Waals surface area contributed by atoms with E-state index in [0.717, 1.165) is 24.3 Å². The van der Waals surface area contributed by atoms with Crippen molar-refractivity contribution in [2.75, 3.05) is 18.6 Å². The standard InChI is InChI=1S/C14H19NO4S/c1-9-12(14(17)18)7-11(19-9)8-15(2)13(16)10-3-5-20-6-4-10/h7,10H,3-6,8H2,1-2H3,(H,17,18). The van der Waals surface area contributed by atoms with Crippen LogP contribution in [0.3, 0.4) is 0 Å². The van der Waals surface area contributed by atoms with Gasteiger partial charge in [-0.25, -0.2) is 4.79 Å². The molecule has 0 atom stereocenters. The monoisotopic (exact) mass is 297 g/mol. The fraction of sp³-hybridized carbons (Fsp3) is 0.571. The molecule has 0 saturated carbocycles. The Kier molecular flexibility index (Phi) is 4.75. The summed E-state index contributed by atoms with van der Waals surface area (Å²) in [6.45, 7) is 1.93. The molecule has 20 heavy (non-hydrogen) atoms. The third-order valence-electron chi connectivity index (χ3n) is 3.54. The molecule has 110 valence electrons. The van der Waals surface area contributed by atoms with Crippen molar-refractivity contribution >= 4 is 23.6 Å². The van der Waals surface area contributed by atoms with Gasteiger partial charge in [0.2, 0.25) is 5.91 Å². The topological polar surface area (TPSA) is 70.8 Å². The highest BCUT2D eigenvalue weighted by Crippen LogP contribution is 2.25. The van der Waals surface area contributed by atoms with Gasteiger partial charge in [-0.2, -0.15) is 11.8 Å². The number of aryl methyl sites for hydroxylation is 1. The van der Waals surface area contributed by atoms with Crippen LogP contribution in [-0.4, -0.2) is 40.4 Å². The molecule has 1 fully saturated rings. The molecule has 0 radical (unpaired) electrons. The summed E-state index contributed by atoms with van der Waals surface area (Å²) < 4.78 is 5.41. The molecule has 1 aliphatic rings. The van der Waals surface area contributed by atoms with E-state index in [9.17, 15) is 9.59 Å². The van der Waals surface area contributed by atoms with Gasteiger partial charge in [0.25, 0.3) is 0 Å². The first kappa shape index (κ1) is 15.0. The quantitative estimate of drug-likeness (QED) is 0.924. The third-order valence-corrected chi connectivity index (χ3v) is 4.59. The van der Waals surface area contributed by atoms with E-state index < -0.39 is 5.97 Å². The van der Waals surface area contributed by atoms with Crippen LogP contribution in [0.4, 0.5) is 0 Å². The minimum Gasteiger partial charge on any atom is -0.478 e. The van der Waals surface area contributed by atoms with Crippen LogP contribution < -0.4 is 0 Å². The van der Waals surface area contributed by atoms with Crippen LogP contribution in [-0.2, 0) is 11.3 Å². The molecule has 5 nitrogen and oxygen atoms in total. The zero-order chi connectivity index (χ0) is 14.7. The highest BCUT2D eigenvalue weighted by Gasteiger charge is 2.25. The number of nitrogens with zero attached hydrogens (tertiary/aromatic N) is 1. The molecule has 1 saturated heterocycles. The van der Waals surface area contributed by atoms with Crippen molar-refractivity contribution in [3.8, 4) is 0 Å². The largest absolute Gasteiger partial charge is 0.478 e. The molecule has 0 bridgehead atoms. The molecule has 0 aliphatic carbocycles. The highest BCUT2D eigenvalue weighted by atomic mass is 32.2. The lowest BCUT2D eigenvalue weighted by molar-refractivity contribution is -0.135. The van der Waals surface area contributed by atoms with Crippen molar-refractivity contribution < 1.29 is 19.1 Å². The van der Waals surface area contributed by atoms with Gasteiger partial charge in [-0.3, -0.25) is 4.79 Å². The van der Waals surface area contributed by atoms with Crippen molar-refractivity contribution in [2.45, 2.75) is 26.3 Å². The van der Waals surface area contributed by atoms with Crippen molar-refractivity contribution in [3.05, 3.63) is 23.2 Å². The molecule has 0 spiro atoms. The van der Waals surface area contributed by atoms with Gasteiger partial charge in [0, 0.05) is 13.0 Å². The van der Waals surface area contributed by atoms with E-state index in [4.69, 9.17) is 9.52 Å². The highest BCUT2D eigenvalue weighted by molar-refractivity contribution is 7.99. The third kappa shape index (κ3) is 3.36. The summed E-state index contributed by atoms with van der Waals surface area (Å²) in [7, 11) is 1.74. The van der Waals surface area contributed by atoms with E-state index in [1.807, 2.05) is 11.8 Å². The minimum atomic E-state index is -1.00. The predicted octanol–water partition coefficient (Wildman–Crippen LogP) is 2.39. The van der Waals surface area contributed by atoms with Gasteiger partial charge in [0.05, 0.1) is 6.54 Å². The van der Waals surface area contributed by atoms with Gasteiger partial charge in [-0.15, -0.1) is 0 Å². The molecular formula is C14H19NO4S. The van der Waals surface area contributed by atoms with Gasteiger partial charge in [-0.1, -0.05) is 0 Å². The van der Waals surface area contributed by atoms with Crippen molar-refractivity contribution in [1.29, 1.82) is 0 Å². The summed E-state index contributed by atoms with van der Waals surface area (Å²) in [5.41, 5.74) is 0.162. The second kappa shape index (κ2) is 6.35. The van der Waals surface area contributed by atoms with Gasteiger partial charge in [0.15, 0.2) is 0 Å². The average molecular weight is 297 g/mol. The molecule has 0 aromatic carbocycles. The molecule has 2 rings (SSSR count). The predicted molar refractivity (Wildman–Crippen MR) is 76.9 cm³/mol. The van der Waals surface area contributed by atoms with Crippen LogP contribution in [0.1, 0.15) is 34.7 Å². The van der Waals surface area contributed by atoms with Crippen molar-refractivity contribution in [3.63, 3.8) is 0 Å². The molecule has 2 heterocycles. The van der Waals surface area contributed by atoms with Crippen LogP contribution in [0.5, 0.6) is 0 Å². The SMILES string of the molecule is Cc1oc(CN(C)C(=O)C2CCSCC2)cc1C(=O)O. The molecule has 1 aromatic rings. The zero-order valence-corrected chi connectivity index (χ0v) is 12.5. The Balaban J connectivity index is 1.99. The second-order valence-corrected chi connectivity index (χ2v) is 6.29. The number of amides is 1. The number of carbonyl (C=O) groups is 2. The second-order valence-electron chi connectivity index (χ2n) is 5.07. The smallest absolute Gasteiger partial charge is 0.339 e. The Hall–Kier alpha value is -1.43. The maximum atomic E-state index is 12.3. The van der Waals surface area contributed by atoms with Crippen molar-refractivity contribution in [2.24, 2.45) is 5.92 Å². The molecule has 1 aromatic heterocycles. The first-order chi connectivity index (χ1) is 9.49. The Labute approximate surface area is 122 Å². The molecule has 1 amide bonds. The lowest BCUT2D eigenvalue weighted by Gasteiger charge is -2.25. The number of thioether (sulfide) groups is 1. The number of aromatic carboxylic acids is 1. The molecule has 0 unspecified atom stereocenters. The Morgan fingerprint density at radius 2 is 2.10 bits per heavy atom. The van der Waals surface area contributed by atoms with E-state index in [-0.39, 0.29) is 17.4 Å². The summed E-state index contributed by atoms with van der Waals surface area (Å²) >= 11 is 1.89. The Morgan fingerprint density at radius 3 is 2.65 bits per heavy atom. The normalized spacial score (nSPS) is 16.1. The van der Waals surface area contributed by atoms with Crippen LogP contribution in [0.25, 0.3) is 0 Å². The van der Waals surface area contributed by atoms with E-state index >= 15 is 0 Å². The van der Waals surface area contributed by atoms with E-state index in [2.05, 4.69) is 0 Å². The van der Waals surface area contributed by atoms with Crippen LogP contribution in [0, 0.1) is 12.8 Å². The maximum absolute atomic E-state index is 12.3. The first-order valence-corrected chi connectivity index (χ1v) is 7.80. The van der Waals surface area contributed by atoms with Crippen LogP contribution in [0.15, 0.2) is 10.5 Å². The van der Waals surface area contributed by atoms with Gasteiger partial charge < -0.3 is 14.4 Å². The Bertz CT molecular complexity index is 505. The summed E-state index contributed by atoms with van der Waals surface area (Å²) in [6, 6.07) is 1.50. The summed E-state index contributed by atoms with van der Waals surface area (Å²) in [6.07, 6.45) is 1.84. The fourth-order valence-corrected chi connectivity index (χ4v) is 3.51. The number of carbonyl (C=O) groups excluding carboxylic acids is 1. The number of furan rings is 1. The van der Waals surface area contributed by atoms with Gasteiger partial charge >= 0.3 is 5.97 Å². The minimum absolute atomic E-state index is 0.0938. The summed E-state index contributed by atoms with van der Waals surface area (Å²) in [5, 5.41) is 8.98. The lowest BCUT2D eigenvalue weighted by atomic mass is 10.0. The van der Waals surface area contributed by atoms with Crippen LogP contribution in [0.2, 0.25) is 0 Å². The lowest BCUT2D eigenvalue weighted by Crippen LogP contribution is -2.34. The number of carboxylic acid groups (broad SMARTS) is 1. The molecule has 1 aliphatic heterocycles. The van der Waals surface area contributed by atoms with Gasteiger partial charge in [-0.05, 0) is 37.3 Å². The van der Waals surface area contributed by atoms with E-state index in [1.165, 1.54) is 6.07 Å². The maximum Gasteiger partial charge on any atom is 0.339 e. The number of carboxylic acids is 1. The number of hydrogen-bond acceptors (Lipinski definition) is 4. The first-order valence-electron chi connectivity index (χ1n) is 6.64. The fourth-order valence-electron chi connectivity index (χ4n) is 2.40. The molecule has 6 heteroatoms. The average Bonchev–Trinajstić information content (AvgIpc) is 2.79. The Morgan fingerprint density at radius 1 is 1.45 bits per heavy atom. The summed E-state index contributed by atoms with van der Waals surface area (Å²) in [4.78, 5) is 24.9. The number of rotatable bonds is 4.